The normalized spacial score (nSPS) is 10.7. The SMILES string of the molecule is COc1cc(O)c(CC=C(C)C)c(/C=C/c2ccccc2)c1. The van der Waals surface area contributed by atoms with Crippen LogP contribution >= 0.6 is 0 Å². The average Bonchev–Trinajstić information content (AvgIpc) is 2.52. The van der Waals surface area contributed by atoms with E-state index in [1.54, 1.807) is 13.2 Å². The molecular formula is C20H22O2. The highest BCUT2D eigenvalue weighted by atomic mass is 16.5. The van der Waals surface area contributed by atoms with E-state index in [-0.39, 0.29) is 5.75 Å². The summed E-state index contributed by atoms with van der Waals surface area (Å²) in [6, 6.07) is 13.7. The third-order valence-corrected chi connectivity index (χ3v) is 3.44. The Hall–Kier alpha value is -2.48. The van der Waals surface area contributed by atoms with E-state index in [1.807, 2.05) is 48.6 Å². The van der Waals surface area contributed by atoms with Gasteiger partial charge in [-0.05, 0) is 37.5 Å². The number of hydrogen-bond donors (Lipinski definition) is 1. The fraction of sp³-hybridized carbons (Fsp3) is 0.200. The van der Waals surface area contributed by atoms with Gasteiger partial charge in [0.05, 0.1) is 7.11 Å². The van der Waals surface area contributed by atoms with Crippen LogP contribution in [-0.2, 0) is 6.42 Å². The smallest absolute Gasteiger partial charge is 0.123 e. The van der Waals surface area contributed by atoms with E-state index >= 15 is 0 Å². The Labute approximate surface area is 132 Å². The molecule has 0 radical (unpaired) electrons. The molecule has 0 aliphatic rings. The molecule has 0 amide bonds. The Kier molecular flexibility index (Phi) is 5.42. The van der Waals surface area contributed by atoms with Crippen molar-refractivity contribution in [2.24, 2.45) is 0 Å². The molecule has 0 unspecified atom stereocenters. The third-order valence-electron chi connectivity index (χ3n) is 3.44. The van der Waals surface area contributed by atoms with E-state index in [4.69, 9.17) is 4.74 Å². The molecule has 2 rings (SSSR count). The van der Waals surface area contributed by atoms with Crippen molar-refractivity contribution in [2.45, 2.75) is 20.3 Å². The van der Waals surface area contributed by atoms with E-state index in [0.717, 1.165) is 16.7 Å². The van der Waals surface area contributed by atoms with Gasteiger partial charge in [-0.3, -0.25) is 0 Å². The summed E-state index contributed by atoms with van der Waals surface area (Å²) in [5.41, 5.74) is 4.23. The van der Waals surface area contributed by atoms with Crippen LogP contribution in [0.1, 0.15) is 30.5 Å². The minimum Gasteiger partial charge on any atom is -0.507 e. The number of hydrogen-bond acceptors (Lipinski definition) is 2. The predicted molar refractivity (Wildman–Crippen MR) is 93.2 cm³/mol. The maximum absolute atomic E-state index is 10.3. The van der Waals surface area contributed by atoms with Crippen LogP contribution in [0.25, 0.3) is 12.2 Å². The van der Waals surface area contributed by atoms with Gasteiger partial charge in [-0.2, -0.15) is 0 Å². The van der Waals surface area contributed by atoms with Crippen molar-refractivity contribution in [1.82, 2.24) is 0 Å². The fourth-order valence-corrected chi connectivity index (χ4v) is 2.20. The molecular weight excluding hydrogens is 272 g/mol. The van der Waals surface area contributed by atoms with Crippen LogP contribution in [0, 0.1) is 0 Å². The minimum absolute atomic E-state index is 0.268. The van der Waals surface area contributed by atoms with Gasteiger partial charge in [0.15, 0.2) is 0 Å². The highest BCUT2D eigenvalue weighted by Gasteiger charge is 2.08. The summed E-state index contributed by atoms with van der Waals surface area (Å²) in [6.07, 6.45) is 6.87. The number of allylic oxidation sites excluding steroid dienone is 2. The quantitative estimate of drug-likeness (QED) is 0.615. The lowest BCUT2D eigenvalue weighted by Gasteiger charge is -2.10. The van der Waals surface area contributed by atoms with Gasteiger partial charge in [-0.25, -0.2) is 0 Å². The first kappa shape index (κ1) is 15.9. The average molecular weight is 294 g/mol. The molecule has 0 saturated heterocycles. The molecule has 0 aliphatic carbocycles. The van der Waals surface area contributed by atoms with Gasteiger partial charge in [0.25, 0.3) is 0 Å². The molecule has 0 heterocycles. The lowest BCUT2D eigenvalue weighted by Crippen LogP contribution is -1.92. The van der Waals surface area contributed by atoms with Crippen LogP contribution < -0.4 is 4.74 Å². The maximum atomic E-state index is 10.3. The molecule has 2 nitrogen and oxygen atoms in total. The van der Waals surface area contributed by atoms with Crippen LogP contribution in [0.4, 0.5) is 0 Å². The van der Waals surface area contributed by atoms with Crippen LogP contribution in [-0.4, -0.2) is 12.2 Å². The fourth-order valence-electron chi connectivity index (χ4n) is 2.20. The van der Waals surface area contributed by atoms with Gasteiger partial charge in [0.1, 0.15) is 11.5 Å². The van der Waals surface area contributed by atoms with Gasteiger partial charge in [-0.1, -0.05) is 54.1 Å². The largest absolute Gasteiger partial charge is 0.507 e. The lowest BCUT2D eigenvalue weighted by molar-refractivity contribution is 0.406. The molecule has 1 N–H and O–H groups in total. The third kappa shape index (κ3) is 4.26. The maximum Gasteiger partial charge on any atom is 0.123 e. The molecule has 0 aromatic heterocycles. The van der Waals surface area contributed by atoms with E-state index < -0.39 is 0 Å². The topological polar surface area (TPSA) is 29.5 Å². The summed E-state index contributed by atoms with van der Waals surface area (Å²) < 4.78 is 5.26. The van der Waals surface area contributed by atoms with Gasteiger partial charge in [0, 0.05) is 11.6 Å². The molecule has 2 heteroatoms. The second-order valence-electron chi connectivity index (χ2n) is 5.44. The van der Waals surface area contributed by atoms with Crippen LogP contribution in [0.15, 0.2) is 54.1 Å². The summed E-state index contributed by atoms with van der Waals surface area (Å²) in [5.74, 6) is 0.927. The summed E-state index contributed by atoms with van der Waals surface area (Å²) in [7, 11) is 1.61. The minimum atomic E-state index is 0.268. The molecule has 0 atom stereocenters. The summed E-state index contributed by atoms with van der Waals surface area (Å²) in [6.45, 7) is 4.11. The van der Waals surface area contributed by atoms with E-state index in [0.29, 0.717) is 12.2 Å². The van der Waals surface area contributed by atoms with Crippen molar-refractivity contribution in [3.63, 3.8) is 0 Å². The Bertz CT molecular complexity index is 678. The van der Waals surface area contributed by atoms with Gasteiger partial charge in [-0.15, -0.1) is 0 Å². The number of phenols is 1. The number of methoxy groups -OCH3 is 1. The molecule has 2 aromatic carbocycles. The molecule has 22 heavy (non-hydrogen) atoms. The van der Waals surface area contributed by atoms with E-state index in [2.05, 4.69) is 19.9 Å². The molecule has 114 valence electrons. The first-order chi connectivity index (χ1) is 10.6. The van der Waals surface area contributed by atoms with Crippen molar-refractivity contribution in [3.8, 4) is 11.5 Å². The van der Waals surface area contributed by atoms with E-state index in [1.165, 1.54) is 5.57 Å². The molecule has 0 fully saturated rings. The highest BCUT2D eigenvalue weighted by molar-refractivity contribution is 5.73. The molecule has 0 saturated carbocycles. The second kappa shape index (κ2) is 7.51. The summed E-state index contributed by atoms with van der Waals surface area (Å²) in [5, 5.41) is 10.3. The summed E-state index contributed by atoms with van der Waals surface area (Å²) in [4.78, 5) is 0. The second-order valence-corrected chi connectivity index (χ2v) is 5.44. The zero-order valence-corrected chi connectivity index (χ0v) is 13.3. The predicted octanol–water partition coefficient (Wildman–Crippen LogP) is 5.08. The number of aromatic hydroxyl groups is 1. The van der Waals surface area contributed by atoms with Crippen LogP contribution in [0.2, 0.25) is 0 Å². The lowest BCUT2D eigenvalue weighted by atomic mass is 10.0. The molecule has 2 aromatic rings. The van der Waals surface area contributed by atoms with Crippen molar-refractivity contribution in [1.29, 1.82) is 0 Å². The highest BCUT2D eigenvalue weighted by Crippen LogP contribution is 2.30. The van der Waals surface area contributed by atoms with Gasteiger partial charge < -0.3 is 9.84 Å². The van der Waals surface area contributed by atoms with Crippen LogP contribution in [0.5, 0.6) is 11.5 Å². The molecule has 0 bridgehead atoms. The van der Waals surface area contributed by atoms with Crippen LogP contribution in [0.3, 0.4) is 0 Å². The standard InChI is InChI=1S/C20H22O2/c1-15(2)9-12-19-17(13-18(22-3)14-20(19)21)11-10-16-7-5-4-6-8-16/h4-11,13-14,21H,12H2,1-3H3/b11-10+. The summed E-state index contributed by atoms with van der Waals surface area (Å²) >= 11 is 0. The monoisotopic (exact) mass is 294 g/mol. The first-order valence-corrected chi connectivity index (χ1v) is 7.36. The van der Waals surface area contributed by atoms with Gasteiger partial charge >= 0.3 is 0 Å². The zero-order valence-electron chi connectivity index (χ0n) is 13.3. The molecule has 0 aliphatic heterocycles. The number of rotatable bonds is 5. The van der Waals surface area contributed by atoms with Crippen molar-refractivity contribution < 1.29 is 9.84 Å². The molecule has 0 spiro atoms. The Morgan fingerprint density at radius 3 is 2.45 bits per heavy atom. The number of ether oxygens (including phenoxy) is 1. The van der Waals surface area contributed by atoms with Gasteiger partial charge in [0.2, 0.25) is 0 Å². The Morgan fingerprint density at radius 1 is 1.09 bits per heavy atom. The van der Waals surface area contributed by atoms with Crippen molar-refractivity contribution >= 4 is 12.2 Å². The Morgan fingerprint density at radius 2 is 1.82 bits per heavy atom. The number of benzene rings is 2. The number of phenolic OH excluding ortho intramolecular Hbond substituents is 1. The Balaban J connectivity index is 2.40. The van der Waals surface area contributed by atoms with Crippen molar-refractivity contribution in [2.75, 3.05) is 7.11 Å². The first-order valence-electron chi connectivity index (χ1n) is 7.36. The van der Waals surface area contributed by atoms with Crippen molar-refractivity contribution in [3.05, 3.63) is 70.8 Å². The zero-order chi connectivity index (χ0) is 15.9. The van der Waals surface area contributed by atoms with E-state index in [9.17, 15) is 5.11 Å².